The molecule has 0 bridgehead atoms. The number of nitrogens with zero attached hydrogens (tertiary/aromatic N) is 2. The van der Waals surface area contributed by atoms with Crippen molar-refractivity contribution in [2.75, 3.05) is 18.4 Å². The first-order valence-electron chi connectivity index (χ1n) is 10.1. The Morgan fingerprint density at radius 3 is 2.45 bits per heavy atom. The van der Waals surface area contributed by atoms with Crippen molar-refractivity contribution in [3.05, 3.63) is 40.3 Å². The number of aliphatic imine (C=N–C) groups is 1. The zero-order chi connectivity index (χ0) is 22.1. The molecule has 1 amide bonds. The van der Waals surface area contributed by atoms with Gasteiger partial charge >= 0.3 is 0 Å². The first-order chi connectivity index (χ1) is 14.1. The molecule has 0 atom stereocenters. The summed E-state index contributed by atoms with van der Waals surface area (Å²) in [6.45, 7) is 12.5. The quantitative estimate of drug-likeness (QED) is 0.254. The molecule has 0 aliphatic rings. The molecule has 0 aliphatic heterocycles. The van der Waals surface area contributed by atoms with Crippen molar-refractivity contribution in [1.29, 1.82) is 0 Å². The van der Waals surface area contributed by atoms with Crippen LogP contribution in [0.3, 0.4) is 0 Å². The maximum atomic E-state index is 12.2. The third-order valence-corrected chi connectivity index (χ3v) is 4.55. The molecular weight excluding hydrogens is 525 g/mol. The van der Waals surface area contributed by atoms with Crippen molar-refractivity contribution in [1.82, 2.24) is 15.6 Å². The van der Waals surface area contributed by atoms with E-state index in [0.717, 1.165) is 28.6 Å². The lowest BCUT2D eigenvalue weighted by Crippen LogP contribution is -2.42. The molecule has 0 fully saturated rings. The van der Waals surface area contributed by atoms with Gasteiger partial charge in [-0.2, -0.15) is 0 Å². The molecule has 1 aromatic carbocycles. The molecule has 0 radical (unpaired) electrons. The molecule has 3 N–H and O–H groups in total. The molecule has 2 rings (SSSR count). The summed E-state index contributed by atoms with van der Waals surface area (Å²) in [4.78, 5) is 21.1. The van der Waals surface area contributed by atoms with Crippen molar-refractivity contribution in [2.45, 2.75) is 59.6 Å². The van der Waals surface area contributed by atoms with E-state index >= 15 is 0 Å². The third kappa shape index (κ3) is 11.3. The highest BCUT2D eigenvalue weighted by atomic mass is 127. The lowest BCUT2D eigenvalue weighted by molar-refractivity contribution is -0.121. The molecule has 0 aliphatic carbocycles. The van der Waals surface area contributed by atoms with Gasteiger partial charge in [0.25, 0.3) is 0 Å². The van der Waals surface area contributed by atoms with Crippen LogP contribution in [0.5, 0.6) is 5.75 Å². The fourth-order valence-corrected chi connectivity index (χ4v) is 3.25. The zero-order valence-corrected chi connectivity index (χ0v) is 22.3. The van der Waals surface area contributed by atoms with Gasteiger partial charge in [-0.25, -0.2) is 9.98 Å². The summed E-state index contributed by atoms with van der Waals surface area (Å²) in [6, 6.07) is 7.66. The van der Waals surface area contributed by atoms with E-state index < -0.39 is 0 Å². The summed E-state index contributed by atoms with van der Waals surface area (Å²) >= 11 is 1.64. The second-order valence-corrected chi connectivity index (χ2v) is 9.38. The number of nitrogens with one attached hydrogen (secondary N) is 3. The number of guanidine groups is 1. The first-order valence-corrected chi connectivity index (χ1v) is 11.0. The summed E-state index contributed by atoms with van der Waals surface area (Å²) < 4.78 is 5.68. The second-order valence-electron chi connectivity index (χ2n) is 8.31. The van der Waals surface area contributed by atoms with E-state index in [9.17, 15) is 4.79 Å². The Labute approximate surface area is 206 Å². The van der Waals surface area contributed by atoms with Crippen LogP contribution in [0, 0.1) is 6.92 Å². The molecule has 0 saturated carbocycles. The highest BCUT2D eigenvalue weighted by Crippen LogP contribution is 2.17. The van der Waals surface area contributed by atoms with Crippen molar-refractivity contribution in [2.24, 2.45) is 4.99 Å². The number of amides is 1. The van der Waals surface area contributed by atoms with Crippen LogP contribution in [0.2, 0.25) is 0 Å². The Balaban J connectivity index is 0.00000480. The van der Waals surface area contributed by atoms with Gasteiger partial charge in [-0.05, 0) is 65.8 Å². The largest absolute Gasteiger partial charge is 0.491 e. The van der Waals surface area contributed by atoms with Gasteiger partial charge in [0.05, 0.1) is 16.8 Å². The summed E-state index contributed by atoms with van der Waals surface area (Å²) in [5.41, 5.74) is 1.62. The normalized spacial score (nSPS) is 11.6. The number of carbonyl (C=O) groups excluding carboxylic acids is 1. The highest BCUT2D eigenvalue weighted by Gasteiger charge is 2.13. The number of aromatic nitrogens is 1. The van der Waals surface area contributed by atoms with Crippen molar-refractivity contribution < 1.29 is 9.53 Å². The zero-order valence-electron chi connectivity index (χ0n) is 19.1. The van der Waals surface area contributed by atoms with E-state index in [1.54, 1.807) is 11.3 Å². The maximum Gasteiger partial charge on any atom is 0.242 e. The Morgan fingerprint density at radius 2 is 1.90 bits per heavy atom. The van der Waals surface area contributed by atoms with Gasteiger partial charge in [-0.1, -0.05) is 0 Å². The number of anilines is 1. The van der Waals surface area contributed by atoms with Crippen LogP contribution in [-0.2, 0) is 11.2 Å². The van der Waals surface area contributed by atoms with Crippen molar-refractivity contribution in [3.63, 3.8) is 0 Å². The van der Waals surface area contributed by atoms with Gasteiger partial charge in [0, 0.05) is 29.6 Å². The number of rotatable bonds is 8. The number of halogens is 1. The van der Waals surface area contributed by atoms with Gasteiger partial charge in [-0.15, -0.1) is 35.3 Å². The van der Waals surface area contributed by atoms with Gasteiger partial charge in [-0.3, -0.25) is 4.79 Å². The third-order valence-electron chi connectivity index (χ3n) is 3.72. The summed E-state index contributed by atoms with van der Waals surface area (Å²) in [5.74, 6) is 1.23. The van der Waals surface area contributed by atoms with E-state index in [2.05, 4.69) is 31.3 Å². The predicted octanol–water partition coefficient (Wildman–Crippen LogP) is 4.37. The second kappa shape index (κ2) is 12.8. The number of aryl methyl sites for hydroxylation is 1. The minimum Gasteiger partial charge on any atom is -0.491 e. The fourth-order valence-electron chi connectivity index (χ4n) is 2.61. The smallest absolute Gasteiger partial charge is 0.242 e. The average Bonchev–Trinajstić information content (AvgIpc) is 3.04. The molecule has 0 unspecified atom stereocenters. The molecule has 2 aromatic rings. The van der Waals surface area contributed by atoms with Crippen LogP contribution >= 0.6 is 35.3 Å². The topological polar surface area (TPSA) is 87.6 Å². The minimum absolute atomic E-state index is 0. The average molecular weight is 560 g/mol. The van der Waals surface area contributed by atoms with E-state index in [4.69, 9.17) is 4.74 Å². The van der Waals surface area contributed by atoms with Crippen LogP contribution in [-0.4, -0.2) is 41.6 Å². The molecule has 0 spiro atoms. The van der Waals surface area contributed by atoms with Crippen LogP contribution in [0.1, 0.15) is 45.3 Å². The lowest BCUT2D eigenvalue weighted by atomic mass is 10.1. The number of hydrogen-bond donors (Lipinski definition) is 3. The Hall–Kier alpha value is -1.88. The number of thiazole rings is 1. The number of carbonyl (C=O) groups is 1. The number of hydrogen-bond acceptors (Lipinski definition) is 5. The van der Waals surface area contributed by atoms with E-state index in [0.29, 0.717) is 12.5 Å². The van der Waals surface area contributed by atoms with Gasteiger partial charge in [0.15, 0.2) is 5.96 Å². The summed E-state index contributed by atoms with van der Waals surface area (Å²) in [5, 5.41) is 12.6. The summed E-state index contributed by atoms with van der Waals surface area (Å²) in [6.07, 6.45) is 0.902. The molecule has 1 aromatic heterocycles. The fraction of sp³-hybridized carbons (Fsp3) is 0.500. The van der Waals surface area contributed by atoms with Crippen LogP contribution in [0.25, 0.3) is 0 Å². The van der Waals surface area contributed by atoms with Crippen LogP contribution in [0.4, 0.5) is 5.69 Å². The number of benzene rings is 1. The van der Waals surface area contributed by atoms with E-state index in [-0.39, 0.29) is 48.1 Å². The van der Waals surface area contributed by atoms with Crippen molar-refractivity contribution in [3.8, 4) is 5.75 Å². The van der Waals surface area contributed by atoms with Gasteiger partial charge in [0.1, 0.15) is 12.3 Å². The predicted molar refractivity (Wildman–Crippen MR) is 140 cm³/mol. The molecule has 31 heavy (non-hydrogen) atoms. The summed E-state index contributed by atoms with van der Waals surface area (Å²) in [7, 11) is 0. The highest BCUT2D eigenvalue weighted by molar-refractivity contribution is 14.0. The molecular formula is C22H34IN5O2S. The van der Waals surface area contributed by atoms with Crippen molar-refractivity contribution >= 4 is 52.9 Å². The monoisotopic (exact) mass is 559 g/mol. The number of ether oxygens (including phenoxy) is 1. The van der Waals surface area contributed by atoms with Crippen LogP contribution in [0.15, 0.2) is 34.6 Å². The van der Waals surface area contributed by atoms with Gasteiger partial charge in [0.2, 0.25) is 5.91 Å². The molecule has 0 saturated heterocycles. The minimum atomic E-state index is -0.289. The SMILES string of the molecule is Cc1nc(CCNC(=NCC(=O)NC(C)(C)C)Nc2ccc(OC(C)C)cc2)cs1.I. The standard InChI is InChI=1S/C22H33N5O2S.HI/c1-15(2)29-19-9-7-17(8-10-19)26-21(24-13-20(28)27-22(4,5)6)23-12-11-18-14-30-16(3)25-18;/h7-10,14-15H,11-13H2,1-6H3,(H,27,28)(H2,23,24,26);1H. The van der Waals surface area contributed by atoms with Gasteiger partial charge < -0.3 is 20.7 Å². The van der Waals surface area contributed by atoms with E-state index in [1.165, 1.54) is 0 Å². The lowest BCUT2D eigenvalue weighted by Gasteiger charge is -2.20. The Bertz CT molecular complexity index is 844. The molecule has 172 valence electrons. The molecule has 9 heteroatoms. The molecule has 7 nitrogen and oxygen atoms in total. The molecule has 1 heterocycles. The van der Waals surface area contributed by atoms with E-state index in [1.807, 2.05) is 65.8 Å². The Morgan fingerprint density at radius 1 is 1.23 bits per heavy atom. The maximum absolute atomic E-state index is 12.2. The van der Waals surface area contributed by atoms with Crippen LogP contribution < -0.4 is 20.7 Å². The Kier molecular flexibility index (Phi) is 11.3. The first kappa shape index (κ1) is 27.2.